The Morgan fingerprint density at radius 2 is 1.92 bits per heavy atom. The number of hydrogen-bond acceptors (Lipinski definition) is 4. The van der Waals surface area contributed by atoms with E-state index in [9.17, 15) is 14.0 Å². The molecule has 126 valence electrons. The average molecular weight is 367 g/mol. The van der Waals surface area contributed by atoms with Crippen LogP contribution in [0.2, 0.25) is 5.02 Å². The van der Waals surface area contributed by atoms with E-state index in [1.54, 1.807) is 0 Å². The lowest BCUT2D eigenvalue weighted by Crippen LogP contribution is -2.31. The predicted octanol–water partition coefficient (Wildman–Crippen LogP) is 4.33. The Labute approximate surface area is 147 Å². The maximum Gasteiger partial charge on any atom is 0.237 e. The van der Waals surface area contributed by atoms with Gasteiger partial charge in [0.15, 0.2) is 5.82 Å². The Hall–Kier alpha value is -1.53. The molecule has 2 aliphatic rings. The van der Waals surface area contributed by atoms with Gasteiger partial charge in [0.05, 0.1) is 26.6 Å². The van der Waals surface area contributed by atoms with Gasteiger partial charge in [0, 0.05) is 0 Å². The third kappa shape index (κ3) is 2.19. The van der Waals surface area contributed by atoms with Crippen molar-refractivity contribution in [2.24, 2.45) is 11.8 Å². The van der Waals surface area contributed by atoms with Gasteiger partial charge in [-0.05, 0) is 25.3 Å². The van der Waals surface area contributed by atoms with E-state index >= 15 is 0 Å². The van der Waals surface area contributed by atoms with Crippen LogP contribution in [0.1, 0.15) is 37.6 Å². The molecule has 1 aromatic heterocycles. The number of hydrogen-bond donors (Lipinski definition) is 0. The Kier molecular flexibility index (Phi) is 3.84. The van der Waals surface area contributed by atoms with Crippen LogP contribution in [0, 0.1) is 17.7 Å². The minimum Gasteiger partial charge on any atom is -0.274 e. The Morgan fingerprint density at radius 3 is 2.50 bits per heavy atom. The molecule has 1 aromatic carbocycles. The van der Waals surface area contributed by atoms with Crippen LogP contribution in [-0.4, -0.2) is 16.8 Å². The number of halogens is 2. The highest BCUT2D eigenvalue weighted by Crippen LogP contribution is 2.45. The number of imide groups is 1. The highest BCUT2D eigenvalue weighted by molar-refractivity contribution is 7.19. The molecule has 0 N–H and O–H groups in total. The van der Waals surface area contributed by atoms with Crippen molar-refractivity contribution in [3.63, 3.8) is 0 Å². The first-order valence-electron chi connectivity index (χ1n) is 8.18. The van der Waals surface area contributed by atoms with Gasteiger partial charge in [-0.2, -0.15) is 0 Å². The summed E-state index contributed by atoms with van der Waals surface area (Å²) in [4.78, 5) is 31.1. The second-order valence-electron chi connectivity index (χ2n) is 6.34. The maximum absolute atomic E-state index is 14.7. The lowest BCUT2D eigenvalue weighted by molar-refractivity contribution is -0.122. The summed E-state index contributed by atoms with van der Waals surface area (Å²) in [5.41, 5.74) is 0.501. The summed E-state index contributed by atoms with van der Waals surface area (Å²) in [5.74, 6) is -1.82. The number of carbonyl (C=O) groups excluding carboxylic acids is 2. The first-order valence-corrected chi connectivity index (χ1v) is 9.37. The van der Waals surface area contributed by atoms with Crippen LogP contribution in [0.15, 0.2) is 6.07 Å². The van der Waals surface area contributed by atoms with Crippen molar-refractivity contribution in [3.05, 3.63) is 21.9 Å². The SMILES string of the molecule is CCc1nc2c(Cl)cc(F)c(N3C(=O)C4CCCCC4C3=O)c2s1. The van der Waals surface area contributed by atoms with Crippen LogP contribution < -0.4 is 4.90 Å². The molecule has 2 amide bonds. The van der Waals surface area contributed by atoms with Crippen molar-refractivity contribution in [2.45, 2.75) is 39.0 Å². The number of nitrogens with zero attached hydrogens (tertiary/aromatic N) is 2. The molecule has 2 unspecified atom stereocenters. The molecule has 0 spiro atoms. The summed E-state index contributed by atoms with van der Waals surface area (Å²) in [7, 11) is 0. The lowest BCUT2D eigenvalue weighted by Gasteiger charge is -2.19. The molecule has 2 atom stereocenters. The molecule has 1 aliphatic carbocycles. The zero-order chi connectivity index (χ0) is 17.0. The van der Waals surface area contributed by atoms with Crippen molar-refractivity contribution >= 4 is 50.7 Å². The number of thiazole rings is 1. The highest BCUT2D eigenvalue weighted by atomic mass is 35.5. The van der Waals surface area contributed by atoms with Crippen molar-refractivity contribution in [1.82, 2.24) is 4.98 Å². The quantitative estimate of drug-likeness (QED) is 0.743. The fraction of sp³-hybridized carbons (Fsp3) is 0.471. The second-order valence-corrected chi connectivity index (χ2v) is 7.83. The fourth-order valence-electron chi connectivity index (χ4n) is 3.79. The molecule has 1 saturated heterocycles. The number of aromatic nitrogens is 1. The molecule has 0 radical (unpaired) electrons. The van der Waals surface area contributed by atoms with Gasteiger partial charge in [0.2, 0.25) is 11.8 Å². The summed E-state index contributed by atoms with van der Waals surface area (Å²) in [6.45, 7) is 1.95. The first kappa shape index (κ1) is 16.0. The molecule has 4 rings (SSSR count). The number of rotatable bonds is 2. The van der Waals surface area contributed by atoms with Gasteiger partial charge in [-0.15, -0.1) is 11.3 Å². The molecule has 1 aliphatic heterocycles. The van der Waals surface area contributed by atoms with Gasteiger partial charge in [0.1, 0.15) is 11.2 Å². The van der Waals surface area contributed by atoms with E-state index in [1.807, 2.05) is 6.92 Å². The smallest absolute Gasteiger partial charge is 0.237 e. The minimum atomic E-state index is -0.640. The zero-order valence-corrected chi connectivity index (χ0v) is 14.7. The van der Waals surface area contributed by atoms with E-state index in [4.69, 9.17) is 11.6 Å². The number of amides is 2. The van der Waals surface area contributed by atoms with E-state index in [1.165, 1.54) is 11.3 Å². The molecular formula is C17H16ClFN2O2S. The van der Waals surface area contributed by atoms with Crippen molar-refractivity contribution in [2.75, 3.05) is 4.90 Å². The molecule has 24 heavy (non-hydrogen) atoms. The lowest BCUT2D eigenvalue weighted by atomic mass is 9.81. The predicted molar refractivity (Wildman–Crippen MR) is 91.9 cm³/mol. The summed E-state index contributed by atoms with van der Waals surface area (Å²) < 4.78 is 15.2. The minimum absolute atomic E-state index is 0.0380. The normalized spacial score (nSPS) is 24.0. The van der Waals surface area contributed by atoms with Gasteiger partial charge in [-0.1, -0.05) is 31.4 Å². The van der Waals surface area contributed by atoms with Crippen molar-refractivity contribution in [3.8, 4) is 0 Å². The highest BCUT2D eigenvalue weighted by Gasteiger charge is 2.50. The van der Waals surface area contributed by atoms with Gasteiger partial charge < -0.3 is 0 Å². The summed E-state index contributed by atoms with van der Waals surface area (Å²) >= 11 is 7.42. The molecule has 7 heteroatoms. The maximum atomic E-state index is 14.7. The molecule has 1 saturated carbocycles. The van der Waals surface area contributed by atoms with Crippen LogP contribution in [0.4, 0.5) is 10.1 Å². The summed E-state index contributed by atoms with van der Waals surface area (Å²) in [6, 6.07) is 1.15. The van der Waals surface area contributed by atoms with Crippen molar-refractivity contribution in [1.29, 1.82) is 0 Å². The molecule has 4 nitrogen and oxygen atoms in total. The molecule has 2 fully saturated rings. The average Bonchev–Trinajstić information content (AvgIpc) is 3.11. The van der Waals surface area contributed by atoms with E-state index in [0.717, 1.165) is 28.8 Å². The molecule has 2 heterocycles. The van der Waals surface area contributed by atoms with E-state index in [0.29, 0.717) is 29.5 Å². The Bertz CT molecular complexity index is 842. The topological polar surface area (TPSA) is 50.3 Å². The van der Waals surface area contributed by atoms with Crippen LogP contribution >= 0.6 is 22.9 Å². The largest absolute Gasteiger partial charge is 0.274 e. The summed E-state index contributed by atoms with van der Waals surface area (Å²) in [5, 5.41) is 1.01. The Morgan fingerprint density at radius 1 is 1.29 bits per heavy atom. The number of aryl methyl sites for hydroxylation is 1. The molecule has 0 bridgehead atoms. The number of fused-ring (bicyclic) bond motifs is 2. The van der Waals surface area contributed by atoms with Gasteiger partial charge >= 0.3 is 0 Å². The van der Waals surface area contributed by atoms with Crippen LogP contribution in [0.5, 0.6) is 0 Å². The zero-order valence-electron chi connectivity index (χ0n) is 13.1. The van der Waals surface area contributed by atoms with E-state index in [-0.39, 0.29) is 34.4 Å². The van der Waals surface area contributed by atoms with E-state index < -0.39 is 5.82 Å². The first-order chi connectivity index (χ1) is 11.5. The van der Waals surface area contributed by atoms with Crippen LogP contribution in [0.3, 0.4) is 0 Å². The third-order valence-corrected chi connectivity index (χ3v) is 6.45. The number of anilines is 1. The number of benzene rings is 1. The van der Waals surface area contributed by atoms with Crippen molar-refractivity contribution < 1.29 is 14.0 Å². The standard InChI is InChI=1S/C17H16ClFN2O2S/c1-2-12-20-13-10(18)7-11(19)14(15(13)24-12)21-16(22)8-5-3-4-6-9(8)17(21)23/h7-9H,2-6H2,1H3. The van der Waals surface area contributed by atoms with E-state index in [2.05, 4.69) is 4.98 Å². The second kappa shape index (κ2) is 5.77. The Balaban J connectivity index is 1.91. The van der Waals surface area contributed by atoms with Gasteiger partial charge in [-0.25, -0.2) is 14.3 Å². The van der Waals surface area contributed by atoms with Gasteiger partial charge in [-0.3, -0.25) is 9.59 Å². The summed E-state index contributed by atoms with van der Waals surface area (Å²) in [6.07, 6.45) is 3.96. The third-order valence-electron chi connectivity index (χ3n) is 4.96. The molecule has 2 aromatic rings. The fourth-order valence-corrected chi connectivity index (χ4v) is 5.13. The number of carbonyl (C=O) groups is 2. The van der Waals surface area contributed by atoms with Crippen LogP contribution in [-0.2, 0) is 16.0 Å². The monoisotopic (exact) mass is 366 g/mol. The van der Waals surface area contributed by atoms with Crippen LogP contribution in [0.25, 0.3) is 10.2 Å². The molecular weight excluding hydrogens is 351 g/mol. The van der Waals surface area contributed by atoms with Gasteiger partial charge in [0.25, 0.3) is 0 Å².